The summed E-state index contributed by atoms with van der Waals surface area (Å²) in [7, 11) is 0. The molecule has 0 bridgehead atoms. The monoisotopic (exact) mass is 412 g/mol. The Morgan fingerprint density at radius 2 is 2.08 bits per heavy atom. The van der Waals surface area contributed by atoms with Crippen LogP contribution in [0.25, 0.3) is 0 Å². The molecule has 8 nitrogen and oxygen atoms in total. The number of quaternary nitrogens is 1. The topological polar surface area (TPSA) is 107 Å². The van der Waals surface area contributed by atoms with E-state index in [1.54, 1.807) is 12.1 Å². The van der Waals surface area contributed by atoms with Crippen LogP contribution in [0.3, 0.4) is 0 Å². The normalized spacial score (nSPS) is 15.2. The number of hydrogen-bond donors (Lipinski definition) is 3. The Balaban J connectivity index is 1.66. The summed E-state index contributed by atoms with van der Waals surface area (Å²) in [5, 5.41) is 17.8. The second-order valence-corrected chi connectivity index (χ2v) is 6.52. The molecule has 0 aromatic heterocycles. The summed E-state index contributed by atoms with van der Waals surface area (Å²) in [6.45, 7) is 4.84. The lowest BCUT2D eigenvalue weighted by Crippen LogP contribution is -3.14. The summed E-state index contributed by atoms with van der Waals surface area (Å²) in [6, 6.07) is 4.58. The van der Waals surface area contributed by atoms with E-state index in [9.17, 15) is 14.7 Å². The Bertz CT molecular complexity index is 633. The fourth-order valence-corrected chi connectivity index (χ4v) is 2.74. The Kier molecular flexibility index (Phi) is 7.83. The van der Waals surface area contributed by atoms with Crippen molar-refractivity contribution < 1.29 is 24.3 Å². The zero-order chi connectivity index (χ0) is 18.1. The van der Waals surface area contributed by atoms with Crippen LogP contribution < -0.4 is 20.7 Å². The number of halogens is 1. The van der Waals surface area contributed by atoms with Crippen LogP contribution in [-0.2, 0) is 14.3 Å². The number of carbonyl (C=O) groups is 2. The lowest BCUT2D eigenvalue weighted by atomic mass is 10.2. The molecule has 1 aromatic rings. The number of benzene rings is 1. The van der Waals surface area contributed by atoms with E-state index in [0.29, 0.717) is 12.1 Å². The van der Waals surface area contributed by atoms with Gasteiger partial charge < -0.3 is 20.1 Å². The minimum atomic E-state index is -0.864. The van der Waals surface area contributed by atoms with Gasteiger partial charge in [-0.05, 0) is 17.7 Å². The zero-order valence-corrected chi connectivity index (χ0v) is 15.3. The van der Waals surface area contributed by atoms with E-state index in [4.69, 9.17) is 4.74 Å². The molecule has 3 N–H and O–H groups in total. The van der Waals surface area contributed by atoms with Crippen molar-refractivity contribution in [2.45, 2.75) is 6.42 Å². The first-order valence-electron chi connectivity index (χ1n) is 8.05. The first kappa shape index (κ1) is 19.4. The maximum Gasteiger partial charge on any atom is 0.329 e. The molecule has 0 atom stereocenters. The van der Waals surface area contributed by atoms with E-state index in [0.717, 1.165) is 43.7 Å². The summed E-state index contributed by atoms with van der Waals surface area (Å²) in [4.78, 5) is 24.7. The molecule has 0 unspecified atom stereocenters. The number of nitrogens with one attached hydrogen (secondary N) is 3. The lowest BCUT2D eigenvalue weighted by molar-refractivity contribution is -0.908. The molecule has 0 spiro atoms. The van der Waals surface area contributed by atoms with Crippen LogP contribution in [0.1, 0.15) is 12.0 Å². The highest BCUT2D eigenvalue weighted by atomic mass is 79.9. The van der Waals surface area contributed by atoms with Crippen molar-refractivity contribution in [1.29, 1.82) is 0 Å². The third-order valence-electron chi connectivity index (χ3n) is 3.74. The standard InChI is InChI=1S/C16H21BrN4O4/c17-13-2-3-14(22)12(10-13)11-19-20-16(24)15(23)18-4-1-5-21-6-8-25-9-7-21/h2-3,10-11,22H,1,4-9H2,(H,18,23)(H,20,24). The highest BCUT2D eigenvalue weighted by Gasteiger charge is 2.14. The molecule has 1 aliphatic heterocycles. The van der Waals surface area contributed by atoms with Crippen LogP contribution in [0, 0.1) is 0 Å². The first-order valence-corrected chi connectivity index (χ1v) is 8.84. The molecule has 9 heteroatoms. The molecule has 1 fully saturated rings. The van der Waals surface area contributed by atoms with Crippen molar-refractivity contribution in [3.63, 3.8) is 0 Å². The molecule has 136 valence electrons. The molecule has 2 amide bonds. The van der Waals surface area contributed by atoms with Gasteiger partial charge in [0, 0.05) is 17.4 Å². The zero-order valence-electron chi connectivity index (χ0n) is 13.7. The minimum absolute atomic E-state index is 0.226. The maximum atomic E-state index is 11.7. The van der Waals surface area contributed by atoms with Crippen LogP contribution in [0.2, 0.25) is 0 Å². The number of nitrogens with zero attached hydrogens (tertiary/aromatic N) is 1. The van der Waals surface area contributed by atoms with E-state index < -0.39 is 11.8 Å². The SMILES string of the molecule is O=C(NCCC[NH+]1CCOCC1)C(=O)NN=Cc1cc(Br)ccc1[O-]. The third kappa shape index (κ3) is 6.81. The molecule has 25 heavy (non-hydrogen) atoms. The van der Waals surface area contributed by atoms with Crippen molar-refractivity contribution in [1.82, 2.24) is 10.7 Å². The molecular formula is C16H21BrN4O4. The number of hydrazone groups is 1. The summed E-state index contributed by atoms with van der Waals surface area (Å²) >= 11 is 3.24. The van der Waals surface area contributed by atoms with Crippen LogP contribution >= 0.6 is 15.9 Å². The number of rotatable bonds is 6. The molecule has 1 heterocycles. The minimum Gasteiger partial charge on any atom is -0.872 e. The van der Waals surface area contributed by atoms with E-state index in [2.05, 4.69) is 31.8 Å². The third-order valence-corrected chi connectivity index (χ3v) is 4.23. The average Bonchev–Trinajstić information content (AvgIpc) is 2.62. The van der Waals surface area contributed by atoms with Gasteiger partial charge in [0.1, 0.15) is 13.1 Å². The van der Waals surface area contributed by atoms with Crippen molar-refractivity contribution >= 4 is 34.0 Å². The van der Waals surface area contributed by atoms with Gasteiger partial charge in [0.05, 0.1) is 26.0 Å². The van der Waals surface area contributed by atoms with Gasteiger partial charge in [0.25, 0.3) is 0 Å². The predicted molar refractivity (Wildman–Crippen MR) is 93.3 cm³/mol. The summed E-state index contributed by atoms with van der Waals surface area (Å²) in [5.74, 6) is -1.83. The molecule has 1 aromatic carbocycles. The number of hydrogen-bond acceptors (Lipinski definition) is 5. The second kappa shape index (κ2) is 10.1. The molecule has 0 radical (unpaired) electrons. The predicted octanol–water partition coefficient (Wildman–Crippen LogP) is -1.61. The van der Waals surface area contributed by atoms with Crippen LogP contribution in [0.5, 0.6) is 5.75 Å². The summed E-state index contributed by atoms with van der Waals surface area (Å²) in [5.41, 5.74) is 2.42. The number of ether oxygens (including phenoxy) is 1. The van der Waals surface area contributed by atoms with Gasteiger partial charge in [0.15, 0.2) is 0 Å². The van der Waals surface area contributed by atoms with E-state index in [-0.39, 0.29) is 5.75 Å². The van der Waals surface area contributed by atoms with Gasteiger partial charge in [0.2, 0.25) is 0 Å². The molecule has 0 saturated carbocycles. The van der Waals surface area contributed by atoms with E-state index in [1.807, 2.05) is 0 Å². The number of carbonyl (C=O) groups excluding carboxylic acids is 2. The Hall–Kier alpha value is -1.97. The van der Waals surface area contributed by atoms with Crippen molar-refractivity contribution in [2.75, 3.05) is 39.4 Å². The molecule has 1 saturated heterocycles. The highest BCUT2D eigenvalue weighted by molar-refractivity contribution is 9.10. The quantitative estimate of drug-likeness (QED) is 0.226. The maximum absolute atomic E-state index is 11.7. The molecule has 1 aliphatic rings. The molecule has 0 aliphatic carbocycles. The lowest BCUT2D eigenvalue weighted by Gasteiger charge is -2.23. The Labute approximate surface area is 154 Å². The van der Waals surface area contributed by atoms with Gasteiger partial charge in [-0.15, -0.1) is 0 Å². The number of amides is 2. The van der Waals surface area contributed by atoms with E-state index in [1.165, 1.54) is 17.2 Å². The smallest absolute Gasteiger partial charge is 0.329 e. The highest BCUT2D eigenvalue weighted by Crippen LogP contribution is 2.17. The van der Waals surface area contributed by atoms with Crippen molar-refractivity contribution in [2.24, 2.45) is 5.10 Å². The van der Waals surface area contributed by atoms with Gasteiger partial charge in [-0.2, -0.15) is 5.10 Å². The second-order valence-electron chi connectivity index (χ2n) is 5.60. The summed E-state index contributed by atoms with van der Waals surface area (Å²) in [6.07, 6.45) is 2.00. The first-order chi connectivity index (χ1) is 12.1. The van der Waals surface area contributed by atoms with Gasteiger partial charge in [-0.25, -0.2) is 5.43 Å². The number of morpholine rings is 1. The fraction of sp³-hybridized carbons (Fsp3) is 0.438. The van der Waals surface area contributed by atoms with E-state index >= 15 is 0 Å². The Morgan fingerprint density at radius 3 is 2.84 bits per heavy atom. The van der Waals surface area contributed by atoms with Gasteiger partial charge in [-0.3, -0.25) is 9.59 Å². The molecular weight excluding hydrogens is 392 g/mol. The fourth-order valence-electron chi connectivity index (χ4n) is 2.36. The van der Waals surface area contributed by atoms with Crippen LogP contribution in [0.15, 0.2) is 27.8 Å². The van der Waals surface area contributed by atoms with Gasteiger partial charge in [-0.1, -0.05) is 27.7 Å². The summed E-state index contributed by atoms with van der Waals surface area (Å²) < 4.78 is 6.00. The van der Waals surface area contributed by atoms with Crippen LogP contribution in [-0.4, -0.2) is 57.4 Å². The Morgan fingerprint density at radius 1 is 1.32 bits per heavy atom. The largest absolute Gasteiger partial charge is 0.872 e. The average molecular weight is 413 g/mol. The van der Waals surface area contributed by atoms with Crippen LogP contribution in [0.4, 0.5) is 0 Å². The van der Waals surface area contributed by atoms with Gasteiger partial charge >= 0.3 is 11.8 Å². The van der Waals surface area contributed by atoms with Crippen molar-refractivity contribution in [3.8, 4) is 5.75 Å². The van der Waals surface area contributed by atoms with Crippen molar-refractivity contribution in [3.05, 3.63) is 28.2 Å². The molecule has 2 rings (SSSR count).